The molecular weight excluding hydrogens is 246 g/mol. The van der Waals surface area contributed by atoms with Crippen molar-refractivity contribution >= 4 is 0 Å². The second-order valence-corrected chi connectivity index (χ2v) is 6.53. The van der Waals surface area contributed by atoms with Gasteiger partial charge < -0.3 is 10.6 Å². The third kappa shape index (κ3) is 3.60. The Morgan fingerprint density at radius 2 is 1.95 bits per heavy atom. The molecule has 1 aliphatic heterocycles. The molecule has 1 heterocycles. The van der Waals surface area contributed by atoms with E-state index in [9.17, 15) is 0 Å². The number of nitrogens with zero attached hydrogens (tertiary/aromatic N) is 2. The molecule has 0 spiro atoms. The number of benzene rings is 1. The third-order valence-corrected chi connectivity index (χ3v) is 4.81. The Morgan fingerprint density at radius 1 is 1.25 bits per heavy atom. The Balaban J connectivity index is 2.17. The van der Waals surface area contributed by atoms with Gasteiger partial charge in [0, 0.05) is 32.2 Å². The predicted molar refractivity (Wildman–Crippen MR) is 85.7 cm³/mol. The molecule has 1 aromatic rings. The number of nitrogens with two attached hydrogens (primary N) is 1. The highest BCUT2D eigenvalue weighted by Crippen LogP contribution is 2.30. The van der Waals surface area contributed by atoms with Crippen LogP contribution in [0, 0.1) is 5.41 Å². The molecule has 1 aliphatic rings. The van der Waals surface area contributed by atoms with Gasteiger partial charge in [0.15, 0.2) is 0 Å². The Bertz CT molecular complexity index is 400. The smallest absolute Gasteiger partial charge is 0.0475 e. The molecule has 3 nitrogen and oxygen atoms in total. The van der Waals surface area contributed by atoms with Gasteiger partial charge in [0.05, 0.1) is 0 Å². The number of rotatable bonds is 5. The van der Waals surface area contributed by atoms with E-state index >= 15 is 0 Å². The summed E-state index contributed by atoms with van der Waals surface area (Å²) in [6, 6.07) is 11.4. The van der Waals surface area contributed by atoms with Crippen molar-refractivity contribution in [1.82, 2.24) is 9.80 Å². The van der Waals surface area contributed by atoms with E-state index in [1.165, 1.54) is 5.56 Å². The standard InChI is InChI=1S/C17H29N3/c1-4-17(2,13-18)14-20-11-10-19(3)12-16(20)15-8-6-5-7-9-15/h5-9,16H,4,10-14,18H2,1-3H3. The molecule has 3 heteroatoms. The van der Waals surface area contributed by atoms with Gasteiger partial charge in [-0.15, -0.1) is 0 Å². The molecule has 0 radical (unpaired) electrons. The van der Waals surface area contributed by atoms with E-state index in [2.05, 4.69) is 61.0 Å². The molecule has 2 atom stereocenters. The molecule has 0 saturated carbocycles. The maximum absolute atomic E-state index is 6.01. The van der Waals surface area contributed by atoms with Crippen molar-refractivity contribution in [3.05, 3.63) is 35.9 Å². The lowest BCUT2D eigenvalue weighted by molar-refractivity contribution is 0.0520. The van der Waals surface area contributed by atoms with Crippen LogP contribution in [0.15, 0.2) is 30.3 Å². The molecule has 0 bridgehead atoms. The highest BCUT2D eigenvalue weighted by Gasteiger charge is 2.31. The first-order valence-corrected chi connectivity index (χ1v) is 7.75. The highest BCUT2D eigenvalue weighted by atomic mass is 15.3. The summed E-state index contributed by atoms with van der Waals surface area (Å²) in [7, 11) is 2.22. The summed E-state index contributed by atoms with van der Waals surface area (Å²) in [6.07, 6.45) is 1.14. The molecule has 112 valence electrons. The first kappa shape index (κ1) is 15.5. The zero-order valence-electron chi connectivity index (χ0n) is 13.2. The Hall–Kier alpha value is -0.900. The molecule has 20 heavy (non-hydrogen) atoms. The van der Waals surface area contributed by atoms with Crippen molar-refractivity contribution < 1.29 is 0 Å². The average Bonchev–Trinajstić information content (AvgIpc) is 2.50. The zero-order chi connectivity index (χ0) is 14.6. The number of piperazine rings is 1. The molecule has 1 aromatic carbocycles. The van der Waals surface area contributed by atoms with Crippen molar-refractivity contribution in [2.24, 2.45) is 11.1 Å². The van der Waals surface area contributed by atoms with E-state index in [0.29, 0.717) is 6.04 Å². The number of likely N-dealkylation sites (N-methyl/N-ethyl adjacent to an activating group) is 1. The van der Waals surface area contributed by atoms with Crippen molar-refractivity contribution in [3.63, 3.8) is 0 Å². The van der Waals surface area contributed by atoms with Crippen molar-refractivity contribution in [1.29, 1.82) is 0 Å². The first-order valence-electron chi connectivity index (χ1n) is 7.75. The van der Waals surface area contributed by atoms with Gasteiger partial charge >= 0.3 is 0 Å². The fraction of sp³-hybridized carbons (Fsp3) is 0.647. The van der Waals surface area contributed by atoms with Gasteiger partial charge in [-0.2, -0.15) is 0 Å². The van der Waals surface area contributed by atoms with Crippen LogP contribution in [0.1, 0.15) is 31.9 Å². The number of hydrogen-bond acceptors (Lipinski definition) is 3. The van der Waals surface area contributed by atoms with Crippen molar-refractivity contribution in [2.45, 2.75) is 26.3 Å². The van der Waals surface area contributed by atoms with Crippen LogP contribution in [-0.4, -0.2) is 49.6 Å². The Morgan fingerprint density at radius 3 is 2.55 bits per heavy atom. The molecule has 0 amide bonds. The lowest BCUT2D eigenvalue weighted by atomic mass is 9.86. The molecule has 2 unspecified atom stereocenters. The summed E-state index contributed by atoms with van der Waals surface area (Å²) in [5.74, 6) is 0. The zero-order valence-corrected chi connectivity index (χ0v) is 13.2. The summed E-state index contributed by atoms with van der Waals surface area (Å²) in [5.41, 5.74) is 7.66. The van der Waals surface area contributed by atoms with E-state index in [1.807, 2.05) is 0 Å². The summed E-state index contributed by atoms with van der Waals surface area (Å²) >= 11 is 0. The molecule has 2 rings (SSSR count). The van der Waals surface area contributed by atoms with E-state index in [4.69, 9.17) is 5.73 Å². The van der Waals surface area contributed by atoms with E-state index < -0.39 is 0 Å². The van der Waals surface area contributed by atoms with Gasteiger partial charge in [0.1, 0.15) is 0 Å². The average molecular weight is 275 g/mol. The second-order valence-electron chi connectivity index (χ2n) is 6.53. The lowest BCUT2D eigenvalue weighted by Gasteiger charge is -2.44. The number of hydrogen-bond donors (Lipinski definition) is 1. The Labute approximate surface area is 123 Å². The van der Waals surface area contributed by atoms with Gasteiger partial charge in [0.25, 0.3) is 0 Å². The van der Waals surface area contributed by atoms with E-state index in [1.54, 1.807) is 0 Å². The first-order chi connectivity index (χ1) is 9.58. The van der Waals surface area contributed by atoms with E-state index in [0.717, 1.165) is 39.1 Å². The maximum atomic E-state index is 6.01. The van der Waals surface area contributed by atoms with Gasteiger partial charge in [-0.3, -0.25) is 4.90 Å². The summed E-state index contributed by atoms with van der Waals surface area (Å²) in [5, 5.41) is 0. The van der Waals surface area contributed by atoms with Crippen LogP contribution in [0.2, 0.25) is 0 Å². The van der Waals surface area contributed by atoms with Crippen LogP contribution < -0.4 is 5.73 Å². The summed E-state index contributed by atoms with van der Waals surface area (Å²) in [4.78, 5) is 5.06. The van der Waals surface area contributed by atoms with Crippen LogP contribution in [0.4, 0.5) is 0 Å². The highest BCUT2D eigenvalue weighted by molar-refractivity contribution is 5.20. The van der Waals surface area contributed by atoms with Crippen molar-refractivity contribution in [2.75, 3.05) is 39.8 Å². The van der Waals surface area contributed by atoms with Gasteiger partial charge in [0.2, 0.25) is 0 Å². The largest absolute Gasteiger partial charge is 0.330 e. The quantitative estimate of drug-likeness (QED) is 0.895. The molecule has 1 saturated heterocycles. The maximum Gasteiger partial charge on any atom is 0.0475 e. The minimum absolute atomic E-state index is 0.225. The van der Waals surface area contributed by atoms with Gasteiger partial charge in [-0.1, -0.05) is 44.2 Å². The summed E-state index contributed by atoms with van der Waals surface area (Å²) < 4.78 is 0. The van der Waals surface area contributed by atoms with Gasteiger partial charge in [-0.25, -0.2) is 0 Å². The van der Waals surface area contributed by atoms with Crippen LogP contribution in [-0.2, 0) is 0 Å². The van der Waals surface area contributed by atoms with Crippen LogP contribution >= 0.6 is 0 Å². The predicted octanol–water partition coefficient (Wildman–Crippen LogP) is 2.35. The fourth-order valence-electron chi connectivity index (χ4n) is 2.95. The summed E-state index contributed by atoms with van der Waals surface area (Å²) in [6.45, 7) is 9.80. The molecule has 1 fully saturated rings. The van der Waals surface area contributed by atoms with E-state index in [-0.39, 0.29) is 5.41 Å². The fourth-order valence-corrected chi connectivity index (χ4v) is 2.95. The minimum atomic E-state index is 0.225. The monoisotopic (exact) mass is 275 g/mol. The normalized spacial score (nSPS) is 24.5. The SMILES string of the molecule is CCC(C)(CN)CN1CCN(C)CC1c1ccccc1. The minimum Gasteiger partial charge on any atom is -0.330 e. The molecule has 0 aromatic heterocycles. The topological polar surface area (TPSA) is 32.5 Å². The second kappa shape index (κ2) is 6.70. The van der Waals surface area contributed by atoms with Crippen LogP contribution in [0.3, 0.4) is 0 Å². The lowest BCUT2D eigenvalue weighted by Crippen LogP contribution is -2.51. The van der Waals surface area contributed by atoms with Gasteiger partial charge in [-0.05, 0) is 31.0 Å². The Kier molecular flexibility index (Phi) is 5.19. The third-order valence-electron chi connectivity index (χ3n) is 4.81. The molecule has 0 aliphatic carbocycles. The van der Waals surface area contributed by atoms with Crippen LogP contribution in [0.5, 0.6) is 0 Å². The molecular formula is C17H29N3. The molecule has 2 N–H and O–H groups in total. The van der Waals surface area contributed by atoms with Crippen molar-refractivity contribution in [3.8, 4) is 0 Å². The van der Waals surface area contributed by atoms with Crippen LogP contribution in [0.25, 0.3) is 0 Å².